The van der Waals surface area contributed by atoms with E-state index in [-0.39, 0.29) is 0 Å². The van der Waals surface area contributed by atoms with Gasteiger partial charge in [0.1, 0.15) is 0 Å². The zero-order chi connectivity index (χ0) is 6.41. The van der Waals surface area contributed by atoms with Gasteiger partial charge >= 0.3 is 0 Å². The maximum absolute atomic E-state index is 3.59. The van der Waals surface area contributed by atoms with Crippen molar-refractivity contribution in [3.8, 4) is 0 Å². The van der Waals surface area contributed by atoms with E-state index in [4.69, 9.17) is 0 Å². The summed E-state index contributed by atoms with van der Waals surface area (Å²) < 4.78 is 0. The zero-order valence-corrected chi connectivity index (χ0v) is 5.22. The molecule has 0 amide bonds. The number of rotatable bonds is 2. The minimum Gasteiger partial charge on any atom is -0.0991 e. The summed E-state index contributed by atoms with van der Waals surface area (Å²) in [5, 5.41) is 0. The molecule has 0 bridgehead atoms. The molecule has 0 aromatic rings. The van der Waals surface area contributed by atoms with Crippen molar-refractivity contribution in [3.05, 3.63) is 43.4 Å². The second-order valence-electron chi connectivity index (χ2n) is 1.54. The van der Waals surface area contributed by atoms with E-state index in [2.05, 4.69) is 13.5 Å². The average Bonchev–Trinajstić information content (AvgIpc) is 1.83. The van der Waals surface area contributed by atoms with Gasteiger partial charge in [-0.2, -0.15) is 0 Å². The second-order valence-corrected chi connectivity index (χ2v) is 1.54. The van der Waals surface area contributed by atoms with Crippen molar-refractivity contribution in [1.82, 2.24) is 0 Å². The first-order valence-electron chi connectivity index (χ1n) is 2.56. The van der Waals surface area contributed by atoms with Crippen LogP contribution in [0.5, 0.6) is 0 Å². The van der Waals surface area contributed by atoms with Crippen LogP contribution in [0.2, 0.25) is 0 Å². The lowest BCUT2D eigenvalue weighted by molar-refractivity contribution is 1.53. The van der Waals surface area contributed by atoms with Gasteiger partial charge in [0.2, 0.25) is 0 Å². The highest BCUT2D eigenvalue weighted by Gasteiger charge is 1.70. The number of allylic oxidation sites excluding steroid dienone is 5. The Labute approximate surface area is 51.2 Å². The predicted octanol–water partition coefficient (Wildman–Crippen LogP) is 2.51. The van der Waals surface area contributed by atoms with Crippen LogP contribution in [-0.4, -0.2) is 0 Å². The molecule has 0 unspecified atom stereocenters. The Balaban J connectivity index is 3.69. The van der Waals surface area contributed by atoms with E-state index >= 15 is 0 Å². The van der Waals surface area contributed by atoms with Crippen LogP contribution in [0.3, 0.4) is 0 Å². The molecule has 0 atom stereocenters. The molecule has 1 radical (unpaired) electrons. The van der Waals surface area contributed by atoms with Crippen molar-refractivity contribution in [2.45, 2.75) is 6.92 Å². The van der Waals surface area contributed by atoms with Gasteiger partial charge in [0.25, 0.3) is 0 Å². The lowest BCUT2D eigenvalue weighted by Crippen LogP contribution is -1.61. The first-order chi connectivity index (χ1) is 3.81. The number of hydrogen-bond acceptors (Lipinski definition) is 0. The maximum Gasteiger partial charge on any atom is -0.0310 e. The van der Waals surface area contributed by atoms with Gasteiger partial charge in [0.15, 0.2) is 0 Å². The molecule has 43 valence electrons. The molecule has 8 heavy (non-hydrogen) atoms. The van der Waals surface area contributed by atoms with E-state index in [1.165, 1.54) is 0 Å². The summed E-state index contributed by atoms with van der Waals surface area (Å²) in [7, 11) is 0. The quantitative estimate of drug-likeness (QED) is 0.475. The molecule has 0 nitrogen and oxygen atoms in total. The van der Waals surface area contributed by atoms with Gasteiger partial charge in [0.05, 0.1) is 0 Å². The van der Waals surface area contributed by atoms with Crippen molar-refractivity contribution in [2.75, 3.05) is 0 Å². The van der Waals surface area contributed by atoms with E-state index in [9.17, 15) is 0 Å². The summed E-state index contributed by atoms with van der Waals surface area (Å²) in [5.41, 5.74) is 1.16. The standard InChI is InChI=1S/C8H11/c1-4-6-7-8(3)5-2/h4-7H,1-2H2,3H3/b7-6-,8-5-. The zero-order valence-electron chi connectivity index (χ0n) is 5.22. The van der Waals surface area contributed by atoms with Crippen molar-refractivity contribution in [3.63, 3.8) is 0 Å². The topological polar surface area (TPSA) is 0 Å². The molecule has 0 rings (SSSR count). The van der Waals surface area contributed by atoms with Gasteiger partial charge in [-0.1, -0.05) is 36.5 Å². The van der Waals surface area contributed by atoms with Crippen molar-refractivity contribution in [2.24, 2.45) is 0 Å². The van der Waals surface area contributed by atoms with Gasteiger partial charge in [-0.05, 0) is 13.8 Å². The molecule has 0 saturated heterocycles. The monoisotopic (exact) mass is 107 g/mol. The van der Waals surface area contributed by atoms with Gasteiger partial charge in [-0.25, -0.2) is 0 Å². The van der Waals surface area contributed by atoms with E-state index in [1.54, 1.807) is 12.2 Å². The highest BCUT2D eigenvalue weighted by atomic mass is 13.8. The van der Waals surface area contributed by atoms with E-state index in [1.807, 2.05) is 19.1 Å². The molecule has 0 aliphatic carbocycles. The Morgan fingerprint density at radius 1 is 1.50 bits per heavy atom. The SMILES string of the molecule is [CH2]/C=C(C)\C=C/C=C. The van der Waals surface area contributed by atoms with Crippen molar-refractivity contribution < 1.29 is 0 Å². The molecule has 0 aromatic carbocycles. The minimum atomic E-state index is 1.16. The Hall–Kier alpha value is -0.780. The molecule has 0 aliphatic rings. The highest BCUT2D eigenvalue weighted by Crippen LogP contribution is 1.91. The molecular formula is C8H11. The molecule has 0 heteroatoms. The molecule has 0 aliphatic heterocycles. The Morgan fingerprint density at radius 2 is 2.12 bits per heavy atom. The van der Waals surface area contributed by atoms with Crippen molar-refractivity contribution in [1.29, 1.82) is 0 Å². The second kappa shape index (κ2) is 4.38. The van der Waals surface area contributed by atoms with Crippen molar-refractivity contribution >= 4 is 0 Å². The number of hydrogen-bond donors (Lipinski definition) is 0. The largest absolute Gasteiger partial charge is 0.0991 e. The minimum absolute atomic E-state index is 1.16. The highest BCUT2D eigenvalue weighted by molar-refractivity contribution is 5.19. The molecular weight excluding hydrogens is 96.1 g/mol. The van der Waals surface area contributed by atoms with Crippen LogP contribution < -0.4 is 0 Å². The normalized spacial score (nSPS) is 12.5. The van der Waals surface area contributed by atoms with Crippen LogP contribution in [0, 0.1) is 6.92 Å². The lowest BCUT2D eigenvalue weighted by atomic mass is 10.3. The van der Waals surface area contributed by atoms with E-state index in [0.29, 0.717) is 0 Å². The van der Waals surface area contributed by atoms with E-state index < -0.39 is 0 Å². The molecule has 0 aromatic heterocycles. The van der Waals surface area contributed by atoms with Crippen LogP contribution in [0.25, 0.3) is 0 Å². The molecule has 0 N–H and O–H groups in total. The summed E-state index contributed by atoms with van der Waals surface area (Å²) in [6.45, 7) is 9.12. The third-order valence-electron chi connectivity index (χ3n) is 0.817. The van der Waals surface area contributed by atoms with Crippen LogP contribution in [-0.2, 0) is 0 Å². The third kappa shape index (κ3) is 3.41. The summed E-state index contributed by atoms with van der Waals surface area (Å²) in [6, 6.07) is 0. The Morgan fingerprint density at radius 3 is 2.50 bits per heavy atom. The summed E-state index contributed by atoms with van der Waals surface area (Å²) in [6.07, 6.45) is 7.39. The average molecular weight is 107 g/mol. The molecule has 0 saturated carbocycles. The third-order valence-corrected chi connectivity index (χ3v) is 0.817. The van der Waals surface area contributed by atoms with Gasteiger partial charge in [-0.3, -0.25) is 0 Å². The lowest BCUT2D eigenvalue weighted by Gasteiger charge is -1.82. The maximum atomic E-state index is 3.59. The summed E-state index contributed by atoms with van der Waals surface area (Å²) in [4.78, 5) is 0. The fourth-order valence-corrected chi connectivity index (χ4v) is 0.288. The fourth-order valence-electron chi connectivity index (χ4n) is 0.288. The van der Waals surface area contributed by atoms with Gasteiger partial charge < -0.3 is 0 Å². The summed E-state index contributed by atoms with van der Waals surface area (Å²) in [5.74, 6) is 0. The predicted molar refractivity (Wildman–Crippen MR) is 38.5 cm³/mol. The molecule has 0 spiro atoms. The Bertz CT molecular complexity index is 116. The first-order valence-corrected chi connectivity index (χ1v) is 2.56. The van der Waals surface area contributed by atoms with Crippen LogP contribution in [0.1, 0.15) is 6.92 Å². The smallest absolute Gasteiger partial charge is 0.0310 e. The summed E-state index contributed by atoms with van der Waals surface area (Å²) >= 11 is 0. The van der Waals surface area contributed by atoms with Gasteiger partial charge in [0, 0.05) is 0 Å². The Kier molecular flexibility index (Phi) is 3.95. The molecule has 0 heterocycles. The molecule has 0 fully saturated rings. The fraction of sp³-hybridized carbons (Fsp3) is 0.125. The van der Waals surface area contributed by atoms with E-state index in [0.717, 1.165) is 5.57 Å². The van der Waals surface area contributed by atoms with Gasteiger partial charge in [-0.15, -0.1) is 0 Å². The van der Waals surface area contributed by atoms with Crippen LogP contribution >= 0.6 is 0 Å². The van der Waals surface area contributed by atoms with Crippen LogP contribution in [0.15, 0.2) is 36.5 Å². The van der Waals surface area contributed by atoms with Crippen LogP contribution in [0.4, 0.5) is 0 Å². The first kappa shape index (κ1) is 7.22.